The average molecular weight is 296 g/mol. The summed E-state index contributed by atoms with van der Waals surface area (Å²) in [4.78, 5) is 19.6. The van der Waals surface area contributed by atoms with Crippen molar-refractivity contribution in [3.63, 3.8) is 0 Å². The zero-order chi connectivity index (χ0) is 15.7. The highest BCUT2D eigenvalue weighted by molar-refractivity contribution is 5.82. The first-order valence-electron chi connectivity index (χ1n) is 6.98. The molecule has 6 nitrogen and oxygen atoms in total. The quantitative estimate of drug-likeness (QED) is 0.797. The van der Waals surface area contributed by atoms with E-state index in [9.17, 15) is 4.79 Å². The molecule has 3 heterocycles. The fourth-order valence-corrected chi connectivity index (χ4v) is 2.61. The number of carbonyl (C=O) groups is 1. The fraction of sp³-hybridized carbons (Fsp3) is 0.250. The van der Waals surface area contributed by atoms with Crippen LogP contribution in [-0.2, 0) is 17.8 Å². The number of pyridine rings is 2. The van der Waals surface area contributed by atoms with E-state index in [-0.39, 0.29) is 6.42 Å². The summed E-state index contributed by atoms with van der Waals surface area (Å²) in [5.74, 6) is -0.850. The minimum Gasteiger partial charge on any atom is -0.481 e. The van der Waals surface area contributed by atoms with Crippen LogP contribution in [0.25, 0.3) is 11.0 Å². The molecule has 0 aliphatic carbocycles. The molecule has 0 aliphatic heterocycles. The number of rotatable bonds is 4. The topological polar surface area (TPSA) is 80.9 Å². The first-order chi connectivity index (χ1) is 10.6. The highest BCUT2D eigenvalue weighted by atomic mass is 16.4. The lowest BCUT2D eigenvalue weighted by atomic mass is 10.0. The molecule has 6 heteroatoms. The van der Waals surface area contributed by atoms with E-state index in [0.29, 0.717) is 6.54 Å². The number of carboxylic acid groups (broad SMARTS) is 1. The van der Waals surface area contributed by atoms with Gasteiger partial charge in [-0.2, -0.15) is 5.10 Å². The molecule has 0 unspecified atom stereocenters. The van der Waals surface area contributed by atoms with Crippen LogP contribution in [0.4, 0.5) is 0 Å². The Morgan fingerprint density at radius 2 is 2.00 bits per heavy atom. The maximum atomic E-state index is 11.0. The second-order valence-electron chi connectivity index (χ2n) is 5.27. The Morgan fingerprint density at radius 3 is 2.68 bits per heavy atom. The third kappa shape index (κ3) is 2.55. The van der Waals surface area contributed by atoms with Crippen molar-refractivity contribution in [3.05, 3.63) is 53.1 Å². The van der Waals surface area contributed by atoms with Crippen LogP contribution >= 0.6 is 0 Å². The lowest BCUT2D eigenvalue weighted by Gasteiger charge is -2.09. The van der Waals surface area contributed by atoms with Crippen molar-refractivity contribution in [3.8, 4) is 0 Å². The number of carboxylic acids is 1. The van der Waals surface area contributed by atoms with Crippen LogP contribution in [0.15, 0.2) is 30.7 Å². The van der Waals surface area contributed by atoms with Crippen LogP contribution in [0.1, 0.15) is 22.4 Å². The smallest absolute Gasteiger partial charge is 0.307 e. The summed E-state index contributed by atoms with van der Waals surface area (Å²) >= 11 is 0. The summed E-state index contributed by atoms with van der Waals surface area (Å²) in [6.45, 7) is 4.37. The zero-order valence-corrected chi connectivity index (χ0v) is 12.4. The summed E-state index contributed by atoms with van der Waals surface area (Å²) < 4.78 is 1.83. The number of hydrogen-bond acceptors (Lipinski definition) is 4. The van der Waals surface area contributed by atoms with Crippen molar-refractivity contribution in [2.45, 2.75) is 26.8 Å². The van der Waals surface area contributed by atoms with Crippen LogP contribution in [0.2, 0.25) is 0 Å². The predicted molar refractivity (Wildman–Crippen MR) is 81.7 cm³/mol. The molecule has 22 heavy (non-hydrogen) atoms. The number of aliphatic carboxylic acids is 1. The molecule has 0 bridgehead atoms. The van der Waals surface area contributed by atoms with E-state index in [1.807, 2.05) is 30.7 Å². The van der Waals surface area contributed by atoms with Gasteiger partial charge in [0.15, 0.2) is 5.65 Å². The Morgan fingerprint density at radius 1 is 1.27 bits per heavy atom. The van der Waals surface area contributed by atoms with Crippen molar-refractivity contribution < 1.29 is 9.90 Å². The Hall–Kier alpha value is -2.76. The van der Waals surface area contributed by atoms with Gasteiger partial charge in [0.05, 0.1) is 19.2 Å². The predicted octanol–water partition coefficient (Wildman–Crippen LogP) is 2.12. The highest BCUT2D eigenvalue weighted by Crippen LogP contribution is 2.23. The van der Waals surface area contributed by atoms with Crippen molar-refractivity contribution >= 4 is 17.0 Å². The van der Waals surface area contributed by atoms with Gasteiger partial charge in [0, 0.05) is 23.5 Å². The molecular formula is C16H16N4O2. The number of fused-ring (bicyclic) bond motifs is 1. The van der Waals surface area contributed by atoms with E-state index in [4.69, 9.17) is 5.11 Å². The maximum absolute atomic E-state index is 11.0. The van der Waals surface area contributed by atoms with E-state index in [1.165, 1.54) is 0 Å². The molecule has 3 rings (SSSR count). The van der Waals surface area contributed by atoms with Crippen LogP contribution in [0.3, 0.4) is 0 Å². The molecule has 0 atom stereocenters. The molecule has 3 aromatic rings. The summed E-state index contributed by atoms with van der Waals surface area (Å²) in [7, 11) is 0. The van der Waals surface area contributed by atoms with Gasteiger partial charge in [0.2, 0.25) is 0 Å². The normalized spacial score (nSPS) is 11.0. The average Bonchev–Trinajstić information content (AvgIpc) is 2.87. The highest BCUT2D eigenvalue weighted by Gasteiger charge is 2.15. The second kappa shape index (κ2) is 5.55. The van der Waals surface area contributed by atoms with E-state index < -0.39 is 5.97 Å². The third-order valence-corrected chi connectivity index (χ3v) is 3.79. The zero-order valence-electron chi connectivity index (χ0n) is 12.4. The Kier molecular flexibility index (Phi) is 3.58. The van der Waals surface area contributed by atoms with Gasteiger partial charge < -0.3 is 5.11 Å². The molecule has 0 aliphatic rings. The molecule has 0 spiro atoms. The molecule has 0 saturated heterocycles. The molecule has 0 aromatic carbocycles. The van der Waals surface area contributed by atoms with Crippen molar-refractivity contribution in [2.24, 2.45) is 0 Å². The first kappa shape index (κ1) is 14.2. The Labute approximate surface area is 127 Å². The number of hydrogen-bond donors (Lipinski definition) is 1. The van der Waals surface area contributed by atoms with E-state index in [1.54, 1.807) is 18.6 Å². The number of aryl methyl sites for hydroxylation is 2. The molecule has 0 saturated carbocycles. The van der Waals surface area contributed by atoms with Crippen molar-refractivity contribution in [1.29, 1.82) is 0 Å². The van der Waals surface area contributed by atoms with Gasteiger partial charge in [-0.25, -0.2) is 9.67 Å². The van der Waals surface area contributed by atoms with Crippen molar-refractivity contribution in [2.75, 3.05) is 0 Å². The van der Waals surface area contributed by atoms with Gasteiger partial charge >= 0.3 is 5.97 Å². The van der Waals surface area contributed by atoms with Crippen LogP contribution in [0.5, 0.6) is 0 Å². The lowest BCUT2D eigenvalue weighted by Crippen LogP contribution is -2.08. The minimum atomic E-state index is -0.850. The molecule has 0 amide bonds. The fourth-order valence-electron chi connectivity index (χ4n) is 2.61. The summed E-state index contributed by atoms with van der Waals surface area (Å²) in [6.07, 6.45) is 5.23. The minimum absolute atomic E-state index is 0.0177. The van der Waals surface area contributed by atoms with Gasteiger partial charge in [0.25, 0.3) is 0 Å². The largest absolute Gasteiger partial charge is 0.481 e. The van der Waals surface area contributed by atoms with Crippen molar-refractivity contribution in [1.82, 2.24) is 19.7 Å². The second-order valence-corrected chi connectivity index (χ2v) is 5.27. The van der Waals surface area contributed by atoms with Gasteiger partial charge in [-0.05, 0) is 42.7 Å². The molecular weight excluding hydrogens is 280 g/mol. The van der Waals surface area contributed by atoms with E-state index in [0.717, 1.165) is 33.4 Å². The van der Waals surface area contributed by atoms with Gasteiger partial charge in [-0.15, -0.1) is 0 Å². The molecule has 3 aromatic heterocycles. The number of nitrogens with zero attached hydrogens (tertiary/aromatic N) is 4. The molecule has 0 radical (unpaired) electrons. The molecule has 112 valence electrons. The van der Waals surface area contributed by atoms with Gasteiger partial charge in [-0.1, -0.05) is 0 Å². The summed E-state index contributed by atoms with van der Waals surface area (Å²) in [6, 6.07) is 3.87. The third-order valence-electron chi connectivity index (χ3n) is 3.79. The summed E-state index contributed by atoms with van der Waals surface area (Å²) in [5.41, 5.74) is 4.31. The molecule has 0 fully saturated rings. The van der Waals surface area contributed by atoms with Crippen LogP contribution < -0.4 is 0 Å². The Balaban J connectivity index is 2.06. The monoisotopic (exact) mass is 296 g/mol. The first-order valence-corrected chi connectivity index (χ1v) is 6.98. The van der Waals surface area contributed by atoms with Crippen LogP contribution in [0, 0.1) is 13.8 Å². The molecule has 1 N–H and O–H groups in total. The summed E-state index contributed by atoms with van der Waals surface area (Å²) in [5, 5.41) is 14.3. The standard InChI is InChI=1S/C16H16N4O2/c1-10-13(7-15(21)22)11(2)19-16-14(10)8-18-20(16)9-12-3-5-17-6-4-12/h3-6,8H,7,9H2,1-2H3,(H,21,22). The number of aromatic nitrogens is 4. The SMILES string of the molecule is Cc1nc2c(cnn2Cc2ccncc2)c(C)c1CC(=O)O. The maximum Gasteiger partial charge on any atom is 0.307 e. The lowest BCUT2D eigenvalue weighted by molar-refractivity contribution is -0.136. The van der Waals surface area contributed by atoms with E-state index in [2.05, 4.69) is 15.1 Å². The van der Waals surface area contributed by atoms with E-state index >= 15 is 0 Å². The van der Waals surface area contributed by atoms with Gasteiger partial charge in [0.1, 0.15) is 0 Å². The Bertz CT molecular complexity index is 840. The van der Waals surface area contributed by atoms with Gasteiger partial charge in [-0.3, -0.25) is 9.78 Å². The van der Waals surface area contributed by atoms with Crippen LogP contribution in [-0.4, -0.2) is 30.8 Å².